The second-order valence-electron chi connectivity index (χ2n) is 8.00. The molecular weight excluding hydrogens is 352 g/mol. The highest BCUT2D eigenvalue weighted by Crippen LogP contribution is 2.27. The van der Waals surface area contributed by atoms with Gasteiger partial charge in [0.2, 0.25) is 0 Å². The van der Waals surface area contributed by atoms with E-state index in [2.05, 4.69) is 17.1 Å². The zero-order valence-electron chi connectivity index (χ0n) is 17.5. The van der Waals surface area contributed by atoms with E-state index in [0.29, 0.717) is 6.54 Å². The first-order valence-corrected chi connectivity index (χ1v) is 10.2. The Hall–Kier alpha value is -2.27. The van der Waals surface area contributed by atoms with Crippen LogP contribution in [0.5, 0.6) is 5.75 Å². The van der Waals surface area contributed by atoms with Crippen LogP contribution >= 0.6 is 0 Å². The summed E-state index contributed by atoms with van der Waals surface area (Å²) in [4.78, 5) is 14.9. The zero-order valence-corrected chi connectivity index (χ0v) is 17.5. The van der Waals surface area contributed by atoms with Gasteiger partial charge in [-0.2, -0.15) is 0 Å². The van der Waals surface area contributed by atoms with E-state index in [4.69, 9.17) is 9.15 Å². The fourth-order valence-electron chi connectivity index (χ4n) is 3.81. The Morgan fingerprint density at radius 3 is 2.46 bits per heavy atom. The molecule has 2 heterocycles. The molecule has 0 aliphatic carbocycles. The lowest BCUT2D eigenvalue weighted by Gasteiger charge is -2.35. The number of furan rings is 1. The molecule has 5 nitrogen and oxygen atoms in total. The van der Waals surface area contributed by atoms with Crippen molar-refractivity contribution >= 4 is 5.91 Å². The Bertz CT molecular complexity index is 771. The van der Waals surface area contributed by atoms with Crippen molar-refractivity contribution in [2.75, 3.05) is 26.2 Å². The molecule has 1 saturated heterocycles. The van der Waals surface area contributed by atoms with Crippen LogP contribution in [0.25, 0.3) is 0 Å². The molecule has 1 fully saturated rings. The zero-order chi connectivity index (χ0) is 20.1. The van der Waals surface area contributed by atoms with E-state index in [0.717, 1.165) is 47.4 Å². The SMILES string of the molecule is Cc1ccc([C@@H](CNC(=O)COc2c(C)cccc2C)N2CCC(C)CC2)o1. The van der Waals surface area contributed by atoms with Crippen LogP contribution < -0.4 is 10.1 Å². The molecular formula is C23H32N2O3. The Morgan fingerprint density at radius 1 is 1.18 bits per heavy atom. The molecule has 1 N–H and O–H groups in total. The van der Waals surface area contributed by atoms with Crippen LogP contribution in [0.15, 0.2) is 34.7 Å². The number of benzene rings is 1. The van der Waals surface area contributed by atoms with E-state index < -0.39 is 0 Å². The van der Waals surface area contributed by atoms with Gasteiger partial charge in [-0.15, -0.1) is 0 Å². The van der Waals surface area contributed by atoms with E-state index in [-0.39, 0.29) is 18.6 Å². The van der Waals surface area contributed by atoms with Crippen molar-refractivity contribution in [1.29, 1.82) is 0 Å². The van der Waals surface area contributed by atoms with Gasteiger partial charge in [-0.05, 0) is 75.9 Å². The van der Waals surface area contributed by atoms with Crippen molar-refractivity contribution in [2.24, 2.45) is 5.92 Å². The van der Waals surface area contributed by atoms with Gasteiger partial charge >= 0.3 is 0 Å². The summed E-state index contributed by atoms with van der Waals surface area (Å²) >= 11 is 0. The van der Waals surface area contributed by atoms with Gasteiger partial charge in [0.1, 0.15) is 17.3 Å². The summed E-state index contributed by atoms with van der Waals surface area (Å²) < 4.78 is 11.7. The van der Waals surface area contributed by atoms with Gasteiger partial charge < -0.3 is 14.5 Å². The molecule has 0 radical (unpaired) electrons. The first-order valence-electron chi connectivity index (χ1n) is 10.2. The van der Waals surface area contributed by atoms with Gasteiger partial charge in [0.15, 0.2) is 6.61 Å². The number of rotatable bonds is 7. The molecule has 1 aromatic carbocycles. The average Bonchev–Trinajstić information content (AvgIpc) is 3.09. The molecule has 3 rings (SSSR count). The fourth-order valence-corrected chi connectivity index (χ4v) is 3.81. The third-order valence-corrected chi connectivity index (χ3v) is 5.60. The number of carbonyl (C=O) groups is 1. The van der Waals surface area contributed by atoms with Crippen molar-refractivity contribution in [3.63, 3.8) is 0 Å². The summed E-state index contributed by atoms with van der Waals surface area (Å²) in [5, 5.41) is 3.04. The highest BCUT2D eigenvalue weighted by atomic mass is 16.5. The molecule has 1 aromatic heterocycles. The number of carbonyl (C=O) groups excluding carboxylic acids is 1. The van der Waals surface area contributed by atoms with Crippen molar-refractivity contribution in [3.05, 3.63) is 53.0 Å². The van der Waals surface area contributed by atoms with E-state index in [1.165, 1.54) is 12.8 Å². The number of amides is 1. The number of nitrogens with one attached hydrogen (secondary N) is 1. The molecule has 2 aromatic rings. The quantitative estimate of drug-likeness (QED) is 0.778. The molecule has 0 spiro atoms. The maximum Gasteiger partial charge on any atom is 0.258 e. The number of piperidine rings is 1. The second kappa shape index (κ2) is 9.28. The van der Waals surface area contributed by atoms with Gasteiger partial charge in [0.25, 0.3) is 5.91 Å². The molecule has 5 heteroatoms. The summed E-state index contributed by atoms with van der Waals surface area (Å²) in [6.45, 7) is 10.8. The maximum absolute atomic E-state index is 12.4. The summed E-state index contributed by atoms with van der Waals surface area (Å²) in [5.74, 6) is 3.26. The fraction of sp³-hybridized carbons (Fsp3) is 0.522. The minimum Gasteiger partial charge on any atom is -0.483 e. The number of nitrogens with zero attached hydrogens (tertiary/aromatic N) is 1. The number of para-hydroxylation sites is 1. The van der Waals surface area contributed by atoms with E-state index in [9.17, 15) is 4.79 Å². The van der Waals surface area contributed by atoms with Crippen LogP contribution in [-0.2, 0) is 4.79 Å². The first kappa shape index (κ1) is 20.5. The molecule has 0 unspecified atom stereocenters. The molecule has 1 aliphatic rings. The van der Waals surface area contributed by atoms with Crippen LogP contribution in [0.1, 0.15) is 48.5 Å². The molecule has 28 heavy (non-hydrogen) atoms. The minimum atomic E-state index is -0.110. The summed E-state index contributed by atoms with van der Waals surface area (Å²) in [6, 6.07) is 10.1. The largest absolute Gasteiger partial charge is 0.483 e. The lowest BCUT2D eigenvalue weighted by molar-refractivity contribution is -0.123. The van der Waals surface area contributed by atoms with Gasteiger partial charge in [0.05, 0.1) is 6.04 Å². The smallest absolute Gasteiger partial charge is 0.258 e. The van der Waals surface area contributed by atoms with Gasteiger partial charge in [-0.25, -0.2) is 0 Å². The average molecular weight is 385 g/mol. The van der Waals surface area contributed by atoms with Crippen molar-refractivity contribution in [2.45, 2.75) is 46.6 Å². The number of ether oxygens (including phenoxy) is 1. The van der Waals surface area contributed by atoms with E-state index >= 15 is 0 Å². The first-order chi connectivity index (χ1) is 13.4. The monoisotopic (exact) mass is 384 g/mol. The number of hydrogen-bond donors (Lipinski definition) is 1. The molecule has 0 saturated carbocycles. The highest BCUT2D eigenvalue weighted by molar-refractivity contribution is 5.77. The third-order valence-electron chi connectivity index (χ3n) is 5.60. The molecule has 1 atom stereocenters. The highest BCUT2D eigenvalue weighted by Gasteiger charge is 2.27. The summed E-state index contributed by atoms with van der Waals surface area (Å²) in [6.07, 6.45) is 2.36. The molecule has 1 aliphatic heterocycles. The Labute approximate surface area is 168 Å². The Morgan fingerprint density at radius 2 is 1.86 bits per heavy atom. The topological polar surface area (TPSA) is 54.7 Å². The molecule has 0 bridgehead atoms. The Balaban J connectivity index is 1.59. The summed E-state index contributed by atoms with van der Waals surface area (Å²) in [5.41, 5.74) is 2.08. The lowest BCUT2D eigenvalue weighted by atomic mass is 9.97. The molecule has 1 amide bonds. The van der Waals surface area contributed by atoms with Crippen molar-refractivity contribution in [1.82, 2.24) is 10.2 Å². The van der Waals surface area contributed by atoms with E-state index in [1.807, 2.05) is 51.1 Å². The van der Waals surface area contributed by atoms with Crippen LogP contribution in [0, 0.1) is 26.7 Å². The maximum atomic E-state index is 12.4. The van der Waals surface area contributed by atoms with E-state index in [1.54, 1.807) is 0 Å². The third kappa shape index (κ3) is 5.16. The normalized spacial score (nSPS) is 16.7. The van der Waals surface area contributed by atoms with Gasteiger partial charge in [-0.3, -0.25) is 9.69 Å². The van der Waals surface area contributed by atoms with Crippen LogP contribution in [-0.4, -0.2) is 37.0 Å². The van der Waals surface area contributed by atoms with Crippen molar-refractivity contribution in [3.8, 4) is 5.75 Å². The van der Waals surface area contributed by atoms with Crippen LogP contribution in [0.3, 0.4) is 0 Å². The van der Waals surface area contributed by atoms with Gasteiger partial charge in [0, 0.05) is 6.54 Å². The Kier molecular flexibility index (Phi) is 6.79. The summed E-state index contributed by atoms with van der Waals surface area (Å²) in [7, 11) is 0. The predicted molar refractivity (Wildman–Crippen MR) is 111 cm³/mol. The number of hydrogen-bond acceptors (Lipinski definition) is 4. The standard InChI is InChI=1S/C23H32N2O3/c1-16-10-12-25(13-11-16)20(21-9-8-19(4)28-21)14-24-22(26)15-27-23-17(2)6-5-7-18(23)3/h5-9,16,20H,10-15H2,1-4H3,(H,24,26)/t20-/m1/s1. The van der Waals surface area contributed by atoms with Gasteiger partial charge in [-0.1, -0.05) is 25.1 Å². The number of likely N-dealkylation sites (tertiary alicyclic amines) is 1. The van der Waals surface area contributed by atoms with Crippen LogP contribution in [0.2, 0.25) is 0 Å². The van der Waals surface area contributed by atoms with Crippen LogP contribution in [0.4, 0.5) is 0 Å². The molecule has 152 valence electrons. The lowest BCUT2D eigenvalue weighted by Crippen LogP contribution is -2.42. The second-order valence-corrected chi connectivity index (χ2v) is 8.00. The predicted octanol–water partition coefficient (Wildman–Crippen LogP) is 4.17. The number of aryl methyl sites for hydroxylation is 3. The van der Waals surface area contributed by atoms with Crippen molar-refractivity contribution < 1.29 is 13.9 Å². The minimum absolute atomic E-state index is 0.0205.